The highest BCUT2D eigenvalue weighted by Crippen LogP contribution is 2.29. The van der Waals surface area contributed by atoms with Crippen molar-refractivity contribution in [3.8, 4) is 0 Å². The van der Waals surface area contributed by atoms with Gasteiger partial charge in [-0.1, -0.05) is 6.07 Å². The first-order valence-electron chi connectivity index (χ1n) is 5.48. The summed E-state index contributed by atoms with van der Waals surface area (Å²) in [6.45, 7) is 3.21. The molecule has 1 amide bonds. The highest BCUT2D eigenvalue weighted by molar-refractivity contribution is 5.98. The number of hydrogen-bond acceptors (Lipinski definition) is 3. The van der Waals surface area contributed by atoms with E-state index in [1.54, 1.807) is 4.90 Å². The maximum atomic E-state index is 11.8. The van der Waals surface area contributed by atoms with Crippen LogP contribution in [0, 0.1) is 12.8 Å². The average molecular weight is 219 g/mol. The van der Waals surface area contributed by atoms with Crippen LogP contribution in [0.1, 0.15) is 12.0 Å². The molecule has 0 bridgehead atoms. The van der Waals surface area contributed by atoms with Gasteiger partial charge in [-0.25, -0.2) is 0 Å². The molecule has 0 spiro atoms. The normalized spacial score (nSPS) is 20.5. The Balaban J connectivity index is 2.28. The van der Waals surface area contributed by atoms with Crippen molar-refractivity contribution in [2.75, 3.05) is 23.7 Å². The molecule has 1 atom stereocenters. The summed E-state index contributed by atoms with van der Waals surface area (Å²) in [5.41, 5.74) is 14.1. The van der Waals surface area contributed by atoms with Gasteiger partial charge in [-0.3, -0.25) is 4.79 Å². The molecule has 1 aliphatic heterocycles. The molecule has 1 aromatic rings. The average Bonchev–Trinajstić information content (AvgIpc) is 2.60. The number of amides is 1. The molecule has 4 N–H and O–H groups in total. The second-order valence-electron chi connectivity index (χ2n) is 4.37. The first kappa shape index (κ1) is 11.0. The third kappa shape index (κ3) is 1.88. The number of aryl methyl sites for hydroxylation is 1. The number of rotatable bonds is 2. The fourth-order valence-corrected chi connectivity index (χ4v) is 2.09. The summed E-state index contributed by atoms with van der Waals surface area (Å²) >= 11 is 0. The van der Waals surface area contributed by atoms with Gasteiger partial charge in [0.15, 0.2) is 0 Å². The lowest BCUT2D eigenvalue weighted by Gasteiger charge is -2.18. The molecule has 4 nitrogen and oxygen atoms in total. The zero-order chi connectivity index (χ0) is 11.7. The summed E-state index contributed by atoms with van der Waals surface area (Å²) in [5, 5.41) is 0. The monoisotopic (exact) mass is 219 g/mol. The Labute approximate surface area is 95.2 Å². The van der Waals surface area contributed by atoms with Gasteiger partial charge < -0.3 is 16.4 Å². The number of nitrogens with zero attached hydrogens (tertiary/aromatic N) is 1. The Morgan fingerprint density at radius 1 is 1.50 bits per heavy atom. The Morgan fingerprint density at radius 2 is 2.25 bits per heavy atom. The van der Waals surface area contributed by atoms with Crippen LogP contribution < -0.4 is 16.4 Å². The number of benzene rings is 1. The summed E-state index contributed by atoms with van der Waals surface area (Å²) < 4.78 is 0. The number of anilines is 2. The fourth-order valence-electron chi connectivity index (χ4n) is 2.09. The number of nitrogen functional groups attached to an aromatic ring is 1. The van der Waals surface area contributed by atoms with Crippen molar-refractivity contribution >= 4 is 17.3 Å². The fraction of sp³-hybridized carbons (Fsp3) is 0.417. The van der Waals surface area contributed by atoms with E-state index in [2.05, 4.69) is 0 Å². The third-order valence-corrected chi connectivity index (χ3v) is 3.01. The van der Waals surface area contributed by atoms with E-state index in [0.29, 0.717) is 25.2 Å². The van der Waals surface area contributed by atoms with Crippen molar-refractivity contribution in [1.29, 1.82) is 0 Å². The number of carbonyl (C=O) groups excluding carboxylic acids is 1. The second kappa shape index (κ2) is 4.14. The van der Waals surface area contributed by atoms with Crippen LogP contribution >= 0.6 is 0 Å². The van der Waals surface area contributed by atoms with E-state index < -0.39 is 0 Å². The first-order valence-corrected chi connectivity index (χ1v) is 5.48. The van der Waals surface area contributed by atoms with Gasteiger partial charge >= 0.3 is 0 Å². The molecule has 16 heavy (non-hydrogen) atoms. The maximum Gasteiger partial charge on any atom is 0.227 e. The van der Waals surface area contributed by atoms with Gasteiger partial charge in [0.25, 0.3) is 0 Å². The van der Waals surface area contributed by atoms with Crippen molar-refractivity contribution in [3.05, 3.63) is 23.8 Å². The number of hydrogen-bond donors (Lipinski definition) is 2. The minimum atomic E-state index is 0.117. The van der Waals surface area contributed by atoms with E-state index in [1.807, 2.05) is 25.1 Å². The van der Waals surface area contributed by atoms with Gasteiger partial charge in [0, 0.05) is 13.0 Å². The van der Waals surface area contributed by atoms with Gasteiger partial charge in [0.05, 0.1) is 11.4 Å². The maximum absolute atomic E-state index is 11.8. The van der Waals surface area contributed by atoms with Crippen LogP contribution in [0.15, 0.2) is 18.2 Å². The molecule has 1 aromatic carbocycles. The molecule has 4 heteroatoms. The van der Waals surface area contributed by atoms with E-state index >= 15 is 0 Å². The number of carbonyl (C=O) groups is 1. The molecule has 0 saturated carbocycles. The van der Waals surface area contributed by atoms with E-state index in [0.717, 1.165) is 11.3 Å². The summed E-state index contributed by atoms with van der Waals surface area (Å²) in [6, 6.07) is 5.76. The molecule has 1 aliphatic rings. The van der Waals surface area contributed by atoms with Gasteiger partial charge in [-0.15, -0.1) is 0 Å². The highest BCUT2D eigenvalue weighted by Gasteiger charge is 2.30. The summed E-state index contributed by atoms with van der Waals surface area (Å²) in [4.78, 5) is 13.5. The van der Waals surface area contributed by atoms with Crippen molar-refractivity contribution in [2.24, 2.45) is 11.7 Å². The lowest BCUT2D eigenvalue weighted by atomic mass is 10.1. The van der Waals surface area contributed by atoms with Crippen LogP contribution in [0.3, 0.4) is 0 Å². The minimum absolute atomic E-state index is 0.117. The Morgan fingerprint density at radius 3 is 2.81 bits per heavy atom. The van der Waals surface area contributed by atoms with Crippen LogP contribution in [-0.4, -0.2) is 19.0 Å². The molecule has 1 saturated heterocycles. The Hall–Kier alpha value is -1.55. The smallest absolute Gasteiger partial charge is 0.227 e. The molecule has 1 fully saturated rings. The predicted octanol–water partition coefficient (Wildman–Crippen LogP) is 0.889. The van der Waals surface area contributed by atoms with Crippen molar-refractivity contribution in [1.82, 2.24) is 0 Å². The zero-order valence-electron chi connectivity index (χ0n) is 9.44. The molecule has 1 unspecified atom stereocenters. The molecule has 1 heterocycles. The van der Waals surface area contributed by atoms with Gasteiger partial charge in [0.1, 0.15) is 0 Å². The summed E-state index contributed by atoms with van der Waals surface area (Å²) in [7, 11) is 0. The minimum Gasteiger partial charge on any atom is -0.397 e. The van der Waals surface area contributed by atoms with Crippen LogP contribution in [0.2, 0.25) is 0 Å². The van der Waals surface area contributed by atoms with Crippen LogP contribution in [0.25, 0.3) is 0 Å². The molecule has 2 rings (SSSR count). The SMILES string of the molecule is Cc1ccc(N2CC(CN)CC2=O)c(N)c1. The van der Waals surface area contributed by atoms with Gasteiger partial charge in [0.2, 0.25) is 5.91 Å². The van der Waals surface area contributed by atoms with Crippen LogP contribution in [0.4, 0.5) is 11.4 Å². The summed E-state index contributed by atoms with van der Waals surface area (Å²) in [6.07, 6.45) is 0.532. The molecular formula is C12H17N3O. The zero-order valence-corrected chi connectivity index (χ0v) is 9.44. The quantitative estimate of drug-likeness (QED) is 0.725. The lowest BCUT2D eigenvalue weighted by molar-refractivity contribution is -0.117. The Kier molecular flexibility index (Phi) is 2.83. The van der Waals surface area contributed by atoms with E-state index in [4.69, 9.17) is 11.5 Å². The largest absolute Gasteiger partial charge is 0.397 e. The van der Waals surface area contributed by atoms with Crippen molar-refractivity contribution in [3.63, 3.8) is 0 Å². The first-order chi connectivity index (χ1) is 7.61. The lowest BCUT2D eigenvalue weighted by Crippen LogP contribution is -2.26. The molecule has 86 valence electrons. The topological polar surface area (TPSA) is 72.3 Å². The van der Waals surface area contributed by atoms with Crippen molar-refractivity contribution < 1.29 is 4.79 Å². The molecule has 0 aliphatic carbocycles. The molecule has 0 aromatic heterocycles. The summed E-state index contributed by atoms with van der Waals surface area (Å²) in [5.74, 6) is 0.374. The van der Waals surface area contributed by atoms with Crippen LogP contribution in [0.5, 0.6) is 0 Å². The second-order valence-corrected chi connectivity index (χ2v) is 4.37. The van der Waals surface area contributed by atoms with Gasteiger partial charge in [-0.05, 0) is 37.1 Å². The van der Waals surface area contributed by atoms with E-state index in [-0.39, 0.29) is 11.8 Å². The van der Waals surface area contributed by atoms with Crippen LogP contribution in [-0.2, 0) is 4.79 Å². The number of nitrogens with two attached hydrogens (primary N) is 2. The standard InChI is InChI=1S/C12H17N3O/c1-8-2-3-11(10(14)4-8)15-7-9(6-13)5-12(15)16/h2-4,9H,5-7,13-14H2,1H3. The van der Waals surface area contributed by atoms with Crippen molar-refractivity contribution in [2.45, 2.75) is 13.3 Å². The van der Waals surface area contributed by atoms with Gasteiger partial charge in [-0.2, -0.15) is 0 Å². The molecular weight excluding hydrogens is 202 g/mol. The van der Waals surface area contributed by atoms with E-state index in [9.17, 15) is 4.79 Å². The Bertz CT molecular complexity index is 417. The molecule has 0 radical (unpaired) electrons. The third-order valence-electron chi connectivity index (χ3n) is 3.01. The predicted molar refractivity (Wildman–Crippen MR) is 65.1 cm³/mol. The van der Waals surface area contributed by atoms with E-state index in [1.165, 1.54) is 0 Å². The highest BCUT2D eigenvalue weighted by atomic mass is 16.2.